The molecule has 7 heteroatoms. The van der Waals surface area contributed by atoms with E-state index < -0.39 is 0 Å². The number of morpholine rings is 1. The number of nitrogens with zero attached hydrogens (tertiary/aromatic N) is 3. The molecule has 1 aromatic rings. The van der Waals surface area contributed by atoms with Crippen molar-refractivity contribution in [3.05, 3.63) is 12.4 Å². The smallest absolute Gasteiger partial charge is 0.253 e. The standard InChI is InChI=1S/C14H20N4O3/c1-10-2-3-12(21-10)13(19)17-11-8-15-14(16-9-11)18-4-6-20-7-5-18/h8-10,12H,2-7H2,1H3,(H,17,19). The summed E-state index contributed by atoms with van der Waals surface area (Å²) in [6.45, 7) is 4.95. The molecule has 3 rings (SSSR count). The predicted molar refractivity (Wildman–Crippen MR) is 77.3 cm³/mol. The van der Waals surface area contributed by atoms with Crippen LogP contribution in [0.4, 0.5) is 11.6 Å². The van der Waals surface area contributed by atoms with Gasteiger partial charge in [0.1, 0.15) is 6.10 Å². The topological polar surface area (TPSA) is 76.6 Å². The predicted octanol–water partition coefficient (Wildman–Crippen LogP) is 0.819. The van der Waals surface area contributed by atoms with E-state index >= 15 is 0 Å². The van der Waals surface area contributed by atoms with Gasteiger partial charge in [-0.25, -0.2) is 9.97 Å². The minimum Gasteiger partial charge on any atom is -0.378 e. The number of amides is 1. The molecule has 2 fully saturated rings. The molecule has 7 nitrogen and oxygen atoms in total. The van der Waals surface area contributed by atoms with Crippen molar-refractivity contribution in [2.24, 2.45) is 0 Å². The van der Waals surface area contributed by atoms with Crippen LogP contribution in [0.5, 0.6) is 0 Å². The maximum absolute atomic E-state index is 12.0. The quantitative estimate of drug-likeness (QED) is 0.889. The summed E-state index contributed by atoms with van der Waals surface area (Å²) in [5.41, 5.74) is 0.597. The Balaban J connectivity index is 1.57. The number of ether oxygens (including phenoxy) is 2. The molecular weight excluding hydrogens is 272 g/mol. The summed E-state index contributed by atoms with van der Waals surface area (Å²) >= 11 is 0. The Hall–Kier alpha value is -1.73. The molecule has 0 spiro atoms. The molecule has 2 saturated heterocycles. The number of rotatable bonds is 3. The number of anilines is 2. The van der Waals surface area contributed by atoms with Crippen LogP contribution in [0.2, 0.25) is 0 Å². The fourth-order valence-corrected chi connectivity index (χ4v) is 2.53. The van der Waals surface area contributed by atoms with Crippen molar-refractivity contribution in [2.45, 2.75) is 32.0 Å². The Bertz CT molecular complexity index is 487. The van der Waals surface area contributed by atoms with Gasteiger partial charge in [0.05, 0.1) is 37.4 Å². The molecule has 2 unspecified atom stereocenters. The van der Waals surface area contributed by atoms with Crippen LogP contribution in [0.1, 0.15) is 19.8 Å². The molecule has 0 radical (unpaired) electrons. The molecule has 1 aromatic heterocycles. The number of hydrogen-bond acceptors (Lipinski definition) is 6. The zero-order valence-corrected chi connectivity index (χ0v) is 12.1. The molecule has 2 atom stereocenters. The minimum atomic E-state index is -0.362. The van der Waals surface area contributed by atoms with Gasteiger partial charge in [0.25, 0.3) is 5.91 Å². The zero-order chi connectivity index (χ0) is 14.7. The second kappa shape index (κ2) is 6.36. The van der Waals surface area contributed by atoms with Crippen LogP contribution in [0.15, 0.2) is 12.4 Å². The monoisotopic (exact) mass is 292 g/mol. The highest BCUT2D eigenvalue weighted by Gasteiger charge is 2.28. The van der Waals surface area contributed by atoms with Gasteiger partial charge in [0.15, 0.2) is 0 Å². The maximum Gasteiger partial charge on any atom is 0.253 e. The Kier molecular flexibility index (Phi) is 4.31. The first-order valence-electron chi connectivity index (χ1n) is 7.33. The number of carbonyl (C=O) groups excluding carboxylic acids is 1. The van der Waals surface area contributed by atoms with Crippen molar-refractivity contribution < 1.29 is 14.3 Å². The third kappa shape index (κ3) is 3.48. The zero-order valence-electron chi connectivity index (χ0n) is 12.1. The Labute approximate surface area is 123 Å². The van der Waals surface area contributed by atoms with Crippen molar-refractivity contribution in [1.82, 2.24) is 9.97 Å². The fourth-order valence-electron chi connectivity index (χ4n) is 2.53. The highest BCUT2D eigenvalue weighted by Crippen LogP contribution is 2.20. The van der Waals surface area contributed by atoms with Crippen LogP contribution in [0.3, 0.4) is 0 Å². The summed E-state index contributed by atoms with van der Waals surface area (Å²) < 4.78 is 10.8. The van der Waals surface area contributed by atoms with E-state index in [1.165, 1.54) is 0 Å². The number of aromatic nitrogens is 2. The van der Waals surface area contributed by atoms with Crippen molar-refractivity contribution in [3.8, 4) is 0 Å². The summed E-state index contributed by atoms with van der Waals surface area (Å²) in [7, 11) is 0. The van der Waals surface area contributed by atoms with E-state index in [2.05, 4.69) is 20.2 Å². The van der Waals surface area contributed by atoms with Crippen LogP contribution in [-0.4, -0.2) is 54.4 Å². The molecule has 114 valence electrons. The largest absolute Gasteiger partial charge is 0.378 e. The van der Waals surface area contributed by atoms with Gasteiger partial charge in [0.2, 0.25) is 5.95 Å². The first kappa shape index (κ1) is 14.2. The lowest BCUT2D eigenvalue weighted by atomic mass is 10.2. The Morgan fingerprint density at radius 1 is 1.29 bits per heavy atom. The molecule has 3 heterocycles. The van der Waals surface area contributed by atoms with E-state index in [4.69, 9.17) is 9.47 Å². The first-order chi connectivity index (χ1) is 10.2. The van der Waals surface area contributed by atoms with Gasteiger partial charge in [-0.3, -0.25) is 4.79 Å². The molecule has 0 aromatic carbocycles. The molecular formula is C14H20N4O3. The lowest BCUT2D eigenvalue weighted by Crippen LogP contribution is -2.37. The van der Waals surface area contributed by atoms with Crippen LogP contribution < -0.4 is 10.2 Å². The van der Waals surface area contributed by atoms with Gasteiger partial charge in [-0.15, -0.1) is 0 Å². The average molecular weight is 292 g/mol. The van der Waals surface area contributed by atoms with Gasteiger partial charge in [0, 0.05) is 13.1 Å². The average Bonchev–Trinajstić information content (AvgIpc) is 2.96. The van der Waals surface area contributed by atoms with Crippen molar-refractivity contribution in [1.29, 1.82) is 0 Å². The normalized spacial score (nSPS) is 25.9. The third-order valence-corrected chi connectivity index (χ3v) is 3.72. The van der Waals surface area contributed by atoms with Crippen molar-refractivity contribution in [3.63, 3.8) is 0 Å². The van der Waals surface area contributed by atoms with Gasteiger partial charge >= 0.3 is 0 Å². The van der Waals surface area contributed by atoms with Gasteiger partial charge in [-0.05, 0) is 19.8 Å². The SMILES string of the molecule is CC1CCC(C(=O)Nc2cnc(N3CCOCC3)nc2)O1. The number of carbonyl (C=O) groups is 1. The summed E-state index contributed by atoms with van der Waals surface area (Å²) in [4.78, 5) is 22.7. The maximum atomic E-state index is 12.0. The molecule has 2 aliphatic heterocycles. The molecule has 0 aliphatic carbocycles. The first-order valence-corrected chi connectivity index (χ1v) is 7.33. The third-order valence-electron chi connectivity index (χ3n) is 3.72. The van der Waals surface area contributed by atoms with E-state index in [1.807, 2.05) is 6.92 Å². The summed E-state index contributed by atoms with van der Waals surface area (Å²) in [5, 5.41) is 2.80. The number of hydrogen-bond donors (Lipinski definition) is 1. The summed E-state index contributed by atoms with van der Waals surface area (Å²) in [6.07, 6.45) is 4.74. The lowest BCUT2D eigenvalue weighted by molar-refractivity contribution is -0.126. The van der Waals surface area contributed by atoms with Crippen LogP contribution >= 0.6 is 0 Å². The van der Waals surface area contributed by atoms with E-state index in [1.54, 1.807) is 12.4 Å². The second-order valence-corrected chi connectivity index (χ2v) is 5.37. The Morgan fingerprint density at radius 2 is 2.00 bits per heavy atom. The molecule has 1 N–H and O–H groups in total. The van der Waals surface area contributed by atoms with E-state index in [-0.39, 0.29) is 18.1 Å². The molecule has 1 amide bonds. The van der Waals surface area contributed by atoms with Crippen molar-refractivity contribution >= 4 is 17.5 Å². The van der Waals surface area contributed by atoms with E-state index in [9.17, 15) is 4.79 Å². The van der Waals surface area contributed by atoms with Gasteiger partial charge in [-0.2, -0.15) is 0 Å². The highest BCUT2D eigenvalue weighted by atomic mass is 16.5. The van der Waals surface area contributed by atoms with Crippen LogP contribution in [0, 0.1) is 0 Å². The molecule has 2 aliphatic rings. The lowest BCUT2D eigenvalue weighted by Gasteiger charge is -2.26. The summed E-state index contributed by atoms with van der Waals surface area (Å²) in [5.74, 6) is 0.545. The van der Waals surface area contributed by atoms with Crippen LogP contribution in [0.25, 0.3) is 0 Å². The summed E-state index contributed by atoms with van der Waals surface area (Å²) in [6, 6.07) is 0. The van der Waals surface area contributed by atoms with Crippen LogP contribution in [-0.2, 0) is 14.3 Å². The van der Waals surface area contributed by atoms with Gasteiger partial charge < -0.3 is 19.7 Å². The van der Waals surface area contributed by atoms with E-state index in [0.29, 0.717) is 24.8 Å². The second-order valence-electron chi connectivity index (χ2n) is 5.37. The minimum absolute atomic E-state index is 0.123. The fraction of sp³-hybridized carbons (Fsp3) is 0.643. The number of nitrogens with one attached hydrogen (secondary N) is 1. The van der Waals surface area contributed by atoms with E-state index in [0.717, 1.165) is 25.9 Å². The molecule has 0 bridgehead atoms. The van der Waals surface area contributed by atoms with Gasteiger partial charge in [-0.1, -0.05) is 0 Å². The molecule has 0 saturated carbocycles. The van der Waals surface area contributed by atoms with Crippen molar-refractivity contribution in [2.75, 3.05) is 36.5 Å². The highest BCUT2D eigenvalue weighted by molar-refractivity contribution is 5.94. The molecule has 21 heavy (non-hydrogen) atoms. The Morgan fingerprint density at radius 3 is 2.62 bits per heavy atom.